The number of hydrogen-bond acceptors (Lipinski definition) is 4. The van der Waals surface area contributed by atoms with E-state index in [0.29, 0.717) is 18.2 Å². The summed E-state index contributed by atoms with van der Waals surface area (Å²) in [6.45, 7) is 6.90. The molecule has 1 amide bonds. The molecule has 1 atom stereocenters. The molecule has 1 aliphatic rings. The molecule has 3 aromatic rings. The van der Waals surface area contributed by atoms with Crippen LogP contribution < -0.4 is 5.32 Å². The topological polar surface area (TPSA) is 62.8 Å². The van der Waals surface area contributed by atoms with Crippen molar-refractivity contribution in [2.75, 3.05) is 19.6 Å². The molecule has 0 saturated carbocycles. The lowest BCUT2D eigenvalue weighted by atomic mass is 10.1. The fourth-order valence-electron chi connectivity index (χ4n) is 3.99. The largest absolute Gasteiger partial charge is 0.468 e. The van der Waals surface area contributed by atoms with Crippen LogP contribution >= 0.6 is 0 Å². The summed E-state index contributed by atoms with van der Waals surface area (Å²) >= 11 is 0. The van der Waals surface area contributed by atoms with Gasteiger partial charge in [0.2, 0.25) is 0 Å². The molecule has 0 aromatic carbocycles. The van der Waals surface area contributed by atoms with Gasteiger partial charge in [0.1, 0.15) is 11.6 Å². The molecule has 1 N–H and O–H groups in total. The lowest BCUT2D eigenvalue weighted by molar-refractivity contribution is 0.0931. The molecule has 4 rings (SSSR count). The number of nitrogens with one attached hydrogen (secondary N) is 1. The van der Waals surface area contributed by atoms with Gasteiger partial charge in [-0.05, 0) is 56.1 Å². The number of furan rings is 1. The molecule has 0 radical (unpaired) electrons. The zero-order valence-corrected chi connectivity index (χ0v) is 16.6. The van der Waals surface area contributed by atoms with E-state index in [-0.39, 0.29) is 11.9 Å². The van der Waals surface area contributed by atoms with Crippen LogP contribution in [0.3, 0.4) is 0 Å². The minimum atomic E-state index is -0.130. The SMILES string of the molecule is CC(C)Cc1nc(C(=O)NCC(c2ccco2)N2CCCC2)c2ccccn12. The zero-order valence-electron chi connectivity index (χ0n) is 16.6. The number of hydrogen-bond donors (Lipinski definition) is 1. The number of rotatable bonds is 7. The minimum absolute atomic E-state index is 0.0606. The molecule has 148 valence electrons. The number of imidazole rings is 1. The number of likely N-dealkylation sites (tertiary alicyclic amines) is 1. The molecule has 3 aromatic heterocycles. The van der Waals surface area contributed by atoms with Crippen molar-refractivity contribution in [3.05, 3.63) is 60.1 Å². The monoisotopic (exact) mass is 380 g/mol. The highest BCUT2D eigenvalue weighted by Crippen LogP contribution is 2.25. The molecule has 0 bridgehead atoms. The van der Waals surface area contributed by atoms with E-state index in [0.717, 1.165) is 36.6 Å². The van der Waals surface area contributed by atoms with Crippen molar-refractivity contribution in [2.45, 2.75) is 39.2 Å². The van der Waals surface area contributed by atoms with Crippen molar-refractivity contribution < 1.29 is 9.21 Å². The van der Waals surface area contributed by atoms with Crippen molar-refractivity contribution >= 4 is 11.4 Å². The van der Waals surface area contributed by atoms with E-state index < -0.39 is 0 Å². The second-order valence-corrected chi connectivity index (χ2v) is 7.91. The highest BCUT2D eigenvalue weighted by atomic mass is 16.3. The van der Waals surface area contributed by atoms with Gasteiger partial charge in [-0.2, -0.15) is 0 Å². The Morgan fingerprint density at radius 3 is 2.75 bits per heavy atom. The van der Waals surface area contributed by atoms with Crippen LogP contribution in [0.15, 0.2) is 47.2 Å². The Bertz CT molecular complexity index is 923. The summed E-state index contributed by atoms with van der Waals surface area (Å²) in [5.74, 6) is 2.17. The van der Waals surface area contributed by atoms with Crippen molar-refractivity contribution in [3.8, 4) is 0 Å². The molecule has 1 aliphatic heterocycles. The summed E-state index contributed by atoms with van der Waals surface area (Å²) in [7, 11) is 0. The average molecular weight is 380 g/mol. The van der Waals surface area contributed by atoms with Gasteiger partial charge in [0.25, 0.3) is 5.91 Å². The number of fused-ring (bicyclic) bond motifs is 1. The van der Waals surface area contributed by atoms with Gasteiger partial charge in [0.15, 0.2) is 5.69 Å². The van der Waals surface area contributed by atoms with Gasteiger partial charge in [0.05, 0.1) is 17.8 Å². The number of pyridine rings is 1. The zero-order chi connectivity index (χ0) is 19.5. The lowest BCUT2D eigenvalue weighted by Gasteiger charge is -2.25. The third-order valence-electron chi connectivity index (χ3n) is 5.34. The molecule has 1 fully saturated rings. The van der Waals surface area contributed by atoms with Gasteiger partial charge in [-0.25, -0.2) is 4.98 Å². The number of nitrogens with zero attached hydrogens (tertiary/aromatic N) is 3. The van der Waals surface area contributed by atoms with Gasteiger partial charge in [-0.1, -0.05) is 19.9 Å². The fourth-order valence-corrected chi connectivity index (χ4v) is 3.99. The number of carbonyl (C=O) groups is 1. The van der Waals surface area contributed by atoms with E-state index in [2.05, 4.69) is 29.0 Å². The van der Waals surface area contributed by atoms with Gasteiger partial charge in [-0.15, -0.1) is 0 Å². The van der Waals surface area contributed by atoms with Crippen LogP contribution in [-0.4, -0.2) is 39.8 Å². The number of carbonyl (C=O) groups excluding carboxylic acids is 1. The Kier molecular flexibility index (Phi) is 5.48. The summed E-state index contributed by atoms with van der Waals surface area (Å²) in [6, 6.07) is 9.83. The van der Waals surface area contributed by atoms with Crippen molar-refractivity contribution in [1.29, 1.82) is 0 Å². The second-order valence-electron chi connectivity index (χ2n) is 7.91. The summed E-state index contributed by atoms with van der Waals surface area (Å²) in [4.78, 5) is 20.1. The average Bonchev–Trinajstić information content (AvgIpc) is 3.43. The van der Waals surface area contributed by atoms with E-state index in [1.807, 2.05) is 40.9 Å². The number of amides is 1. The minimum Gasteiger partial charge on any atom is -0.468 e. The molecular weight excluding hydrogens is 352 g/mol. The van der Waals surface area contributed by atoms with Crippen LogP contribution in [0, 0.1) is 5.92 Å². The molecule has 1 saturated heterocycles. The summed E-state index contributed by atoms with van der Waals surface area (Å²) in [6.07, 6.45) is 6.89. The van der Waals surface area contributed by atoms with Crippen molar-refractivity contribution in [1.82, 2.24) is 19.6 Å². The standard InChI is InChI=1S/C22H28N4O2/c1-16(2)14-20-24-21(17-8-3-4-12-26(17)20)22(27)23-15-18(19-9-7-13-28-19)25-10-5-6-11-25/h3-4,7-9,12-13,16,18H,5-6,10-11,14-15H2,1-2H3,(H,23,27). The fraction of sp³-hybridized carbons (Fsp3) is 0.455. The van der Waals surface area contributed by atoms with E-state index in [1.165, 1.54) is 12.8 Å². The van der Waals surface area contributed by atoms with Crippen LogP contribution in [0.25, 0.3) is 5.52 Å². The quantitative estimate of drug-likeness (QED) is 0.679. The van der Waals surface area contributed by atoms with Crippen LogP contribution in [-0.2, 0) is 6.42 Å². The first-order valence-electron chi connectivity index (χ1n) is 10.1. The predicted molar refractivity (Wildman–Crippen MR) is 108 cm³/mol. The van der Waals surface area contributed by atoms with Gasteiger partial charge in [0, 0.05) is 19.2 Å². The second kappa shape index (κ2) is 8.19. The Labute approximate surface area is 165 Å². The van der Waals surface area contributed by atoms with Crippen LogP contribution in [0.1, 0.15) is 54.8 Å². The maximum atomic E-state index is 13.0. The van der Waals surface area contributed by atoms with Gasteiger partial charge < -0.3 is 14.1 Å². The van der Waals surface area contributed by atoms with Crippen LogP contribution in [0.5, 0.6) is 0 Å². The molecule has 4 heterocycles. The summed E-state index contributed by atoms with van der Waals surface area (Å²) in [5.41, 5.74) is 1.35. The van der Waals surface area contributed by atoms with E-state index in [4.69, 9.17) is 4.42 Å². The predicted octanol–water partition coefficient (Wildman–Crippen LogP) is 3.69. The van der Waals surface area contributed by atoms with E-state index in [1.54, 1.807) is 6.26 Å². The van der Waals surface area contributed by atoms with E-state index in [9.17, 15) is 4.79 Å². The third-order valence-corrected chi connectivity index (χ3v) is 5.34. The Morgan fingerprint density at radius 2 is 2.04 bits per heavy atom. The highest BCUT2D eigenvalue weighted by molar-refractivity contribution is 5.99. The van der Waals surface area contributed by atoms with Crippen LogP contribution in [0.2, 0.25) is 0 Å². The Morgan fingerprint density at radius 1 is 1.21 bits per heavy atom. The summed E-state index contributed by atoms with van der Waals surface area (Å²) in [5, 5.41) is 3.11. The molecule has 6 nitrogen and oxygen atoms in total. The van der Waals surface area contributed by atoms with Gasteiger partial charge in [-0.3, -0.25) is 9.69 Å². The Balaban J connectivity index is 1.54. The normalized spacial score (nSPS) is 16.1. The van der Waals surface area contributed by atoms with Crippen molar-refractivity contribution in [2.24, 2.45) is 5.92 Å². The van der Waals surface area contributed by atoms with E-state index >= 15 is 0 Å². The van der Waals surface area contributed by atoms with Crippen LogP contribution in [0.4, 0.5) is 0 Å². The Hall–Kier alpha value is -2.60. The molecule has 1 unspecified atom stereocenters. The molecule has 0 aliphatic carbocycles. The molecule has 28 heavy (non-hydrogen) atoms. The van der Waals surface area contributed by atoms with Gasteiger partial charge >= 0.3 is 0 Å². The number of aromatic nitrogens is 2. The summed E-state index contributed by atoms with van der Waals surface area (Å²) < 4.78 is 7.68. The molecule has 0 spiro atoms. The highest BCUT2D eigenvalue weighted by Gasteiger charge is 2.27. The first-order chi connectivity index (χ1) is 13.6. The first-order valence-corrected chi connectivity index (χ1v) is 10.1. The molecular formula is C22H28N4O2. The lowest BCUT2D eigenvalue weighted by Crippen LogP contribution is -2.36. The third kappa shape index (κ3) is 3.83. The maximum Gasteiger partial charge on any atom is 0.272 e. The maximum absolute atomic E-state index is 13.0. The van der Waals surface area contributed by atoms with Crippen molar-refractivity contribution in [3.63, 3.8) is 0 Å². The first kappa shape index (κ1) is 18.7. The molecule has 6 heteroatoms. The smallest absolute Gasteiger partial charge is 0.272 e.